The second-order valence-corrected chi connectivity index (χ2v) is 4.83. The second-order valence-electron chi connectivity index (χ2n) is 4.33. The summed E-state index contributed by atoms with van der Waals surface area (Å²) in [5, 5.41) is 9.34. The molecule has 2 nitrogen and oxygen atoms in total. The molecule has 2 aliphatic rings. The molecule has 1 heterocycles. The van der Waals surface area contributed by atoms with E-state index in [1.165, 1.54) is 5.32 Å². The first-order valence-corrected chi connectivity index (χ1v) is 5.19. The predicted octanol–water partition coefficient (Wildman–Crippen LogP) is 1.81. The van der Waals surface area contributed by atoms with E-state index in [9.17, 15) is 31.4 Å². The predicted molar refractivity (Wildman–Crippen MR) is 45.5 cm³/mol. The Hall–Kier alpha value is -0.210. The van der Waals surface area contributed by atoms with Gasteiger partial charge in [0.15, 0.2) is 0 Å². The summed E-state index contributed by atoms with van der Waals surface area (Å²) in [6.07, 6.45) is -12.9. The van der Waals surface area contributed by atoms with E-state index in [-0.39, 0.29) is 0 Å². The molecule has 1 saturated heterocycles. The van der Waals surface area contributed by atoms with Gasteiger partial charge in [0, 0.05) is 5.92 Å². The van der Waals surface area contributed by atoms with Crippen LogP contribution in [0.5, 0.6) is 0 Å². The number of nitrogens with one attached hydrogen (secondary N) is 1. The van der Waals surface area contributed by atoms with Crippen molar-refractivity contribution in [3.8, 4) is 0 Å². The van der Waals surface area contributed by atoms with Crippen LogP contribution in [0.1, 0.15) is 6.42 Å². The van der Waals surface area contributed by atoms with Crippen LogP contribution in [0.25, 0.3) is 0 Å². The summed E-state index contributed by atoms with van der Waals surface area (Å²) in [7, 11) is 0. The first kappa shape index (κ1) is 13.2. The van der Waals surface area contributed by atoms with Gasteiger partial charge in [-0.25, -0.2) is 0 Å². The number of piperidine rings is 1. The summed E-state index contributed by atoms with van der Waals surface area (Å²) < 4.78 is 76.5. The molecule has 2 bridgehead atoms. The molecule has 0 amide bonds. The molecule has 0 aromatic rings. The van der Waals surface area contributed by atoms with Crippen molar-refractivity contribution in [1.82, 2.24) is 5.32 Å². The smallest absolute Gasteiger partial charge is 0.391 e. The number of alkyl halides is 7. The molecule has 17 heavy (non-hydrogen) atoms. The molecule has 2 fully saturated rings. The van der Waals surface area contributed by atoms with Crippen molar-refractivity contribution in [3.05, 3.63) is 0 Å². The molecule has 0 unspecified atom stereocenters. The average Bonchev–Trinajstić information content (AvgIpc) is 2.53. The highest BCUT2D eigenvalue weighted by molar-refractivity contribution is 6.22. The van der Waals surface area contributed by atoms with Crippen molar-refractivity contribution in [2.45, 2.75) is 41.8 Å². The van der Waals surface area contributed by atoms with Gasteiger partial charge in [0.05, 0.1) is 17.5 Å². The SMILES string of the molecule is O[C@H]1C[C@H]2[C@@H](Cl)[C@H]1NC2(C(F)(F)F)C(F)(F)F. The van der Waals surface area contributed by atoms with Crippen molar-refractivity contribution in [3.63, 3.8) is 0 Å². The first-order valence-electron chi connectivity index (χ1n) is 4.75. The van der Waals surface area contributed by atoms with Crippen LogP contribution >= 0.6 is 11.6 Å². The quantitative estimate of drug-likeness (QED) is 0.525. The Kier molecular flexibility index (Phi) is 2.66. The fourth-order valence-electron chi connectivity index (χ4n) is 2.71. The summed E-state index contributed by atoms with van der Waals surface area (Å²) in [6, 6.07) is -1.38. The van der Waals surface area contributed by atoms with Crippen molar-refractivity contribution < 1.29 is 31.4 Å². The number of aliphatic hydroxyl groups excluding tert-OH is 1. The van der Waals surface area contributed by atoms with Crippen LogP contribution in [0.4, 0.5) is 26.3 Å². The number of hydrogen-bond donors (Lipinski definition) is 2. The zero-order valence-electron chi connectivity index (χ0n) is 8.11. The van der Waals surface area contributed by atoms with Crippen molar-refractivity contribution in [2.75, 3.05) is 0 Å². The molecule has 0 aromatic carbocycles. The maximum atomic E-state index is 12.7. The van der Waals surface area contributed by atoms with Gasteiger partial charge in [-0.1, -0.05) is 0 Å². The zero-order valence-corrected chi connectivity index (χ0v) is 8.87. The minimum atomic E-state index is -5.50. The van der Waals surface area contributed by atoms with Gasteiger partial charge in [-0.05, 0) is 6.42 Å². The van der Waals surface area contributed by atoms with Gasteiger partial charge in [0.2, 0.25) is 5.54 Å². The van der Waals surface area contributed by atoms with Crippen LogP contribution < -0.4 is 5.32 Å². The van der Waals surface area contributed by atoms with E-state index in [1.807, 2.05) is 0 Å². The third-order valence-corrected chi connectivity index (χ3v) is 4.06. The minimum Gasteiger partial charge on any atom is -0.391 e. The zero-order chi connectivity index (χ0) is 13.2. The van der Waals surface area contributed by atoms with Gasteiger partial charge < -0.3 is 5.11 Å². The maximum absolute atomic E-state index is 12.7. The number of fused-ring (bicyclic) bond motifs is 2. The average molecular weight is 284 g/mol. The summed E-state index contributed by atoms with van der Waals surface area (Å²) >= 11 is 5.54. The molecule has 9 heteroatoms. The Morgan fingerprint density at radius 1 is 1.12 bits per heavy atom. The molecule has 1 aliphatic heterocycles. The topological polar surface area (TPSA) is 32.3 Å². The molecule has 1 aliphatic carbocycles. The second kappa shape index (κ2) is 3.42. The van der Waals surface area contributed by atoms with Crippen LogP contribution in [0.2, 0.25) is 0 Å². The molecule has 2 N–H and O–H groups in total. The fraction of sp³-hybridized carbons (Fsp3) is 1.00. The van der Waals surface area contributed by atoms with E-state index >= 15 is 0 Å². The Bertz CT molecular complexity index is 315. The Morgan fingerprint density at radius 3 is 1.82 bits per heavy atom. The molecule has 2 rings (SSSR count). The van der Waals surface area contributed by atoms with E-state index in [2.05, 4.69) is 0 Å². The summed E-state index contributed by atoms with van der Waals surface area (Å²) in [5.41, 5.74) is -4.00. The van der Waals surface area contributed by atoms with Crippen LogP contribution in [0, 0.1) is 5.92 Å². The lowest BCUT2D eigenvalue weighted by Crippen LogP contribution is -2.70. The van der Waals surface area contributed by atoms with E-state index in [0.717, 1.165) is 0 Å². The monoisotopic (exact) mass is 283 g/mol. The lowest BCUT2D eigenvalue weighted by Gasteiger charge is -2.41. The van der Waals surface area contributed by atoms with E-state index in [1.54, 1.807) is 0 Å². The number of halogens is 7. The maximum Gasteiger partial charge on any atom is 0.415 e. The first-order chi connectivity index (χ1) is 7.52. The highest BCUT2D eigenvalue weighted by atomic mass is 35.5. The molecular formula is C8H8ClF6NO. The highest BCUT2D eigenvalue weighted by Crippen LogP contribution is 2.58. The number of hydrogen-bond acceptors (Lipinski definition) is 2. The number of rotatable bonds is 0. The third-order valence-electron chi connectivity index (χ3n) is 3.48. The Balaban J connectivity index is 2.48. The molecule has 0 radical (unpaired) electrons. The Morgan fingerprint density at radius 2 is 1.59 bits per heavy atom. The molecule has 4 atom stereocenters. The molecule has 0 spiro atoms. The molecule has 1 saturated carbocycles. The van der Waals surface area contributed by atoms with E-state index < -0.39 is 47.8 Å². The lowest BCUT2D eigenvalue weighted by atomic mass is 9.82. The van der Waals surface area contributed by atoms with Gasteiger partial charge >= 0.3 is 12.4 Å². The van der Waals surface area contributed by atoms with Crippen LogP contribution in [0.15, 0.2) is 0 Å². The standard InChI is InChI=1S/C8H8ClF6NO/c9-4-2-1-3(17)5(4)16-6(2,7(10,11)12)8(13,14)15/h2-5,16-17H,1H2/t2-,3-,4+,5-/m0/s1. The normalized spacial score (nSPS) is 40.9. The van der Waals surface area contributed by atoms with Gasteiger partial charge in [-0.15, -0.1) is 11.6 Å². The summed E-state index contributed by atoms with van der Waals surface area (Å²) in [4.78, 5) is 0. The van der Waals surface area contributed by atoms with Gasteiger partial charge in [-0.2, -0.15) is 26.3 Å². The van der Waals surface area contributed by atoms with Gasteiger partial charge in [0.25, 0.3) is 0 Å². The highest BCUT2D eigenvalue weighted by Gasteiger charge is 2.81. The molecule has 100 valence electrons. The van der Waals surface area contributed by atoms with Crippen molar-refractivity contribution in [1.29, 1.82) is 0 Å². The van der Waals surface area contributed by atoms with Crippen molar-refractivity contribution in [2.24, 2.45) is 5.92 Å². The largest absolute Gasteiger partial charge is 0.415 e. The van der Waals surface area contributed by atoms with E-state index in [4.69, 9.17) is 11.6 Å². The van der Waals surface area contributed by atoms with Crippen LogP contribution in [-0.2, 0) is 0 Å². The molecule has 0 aromatic heterocycles. The Labute approximate surface area is 96.9 Å². The number of aliphatic hydroxyl groups is 1. The molecular weight excluding hydrogens is 276 g/mol. The summed E-state index contributed by atoms with van der Waals surface area (Å²) in [6.45, 7) is 0. The van der Waals surface area contributed by atoms with Crippen LogP contribution in [0.3, 0.4) is 0 Å². The lowest BCUT2D eigenvalue weighted by molar-refractivity contribution is -0.320. The van der Waals surface area contributed by atoms with Gasteiger partial charge in [-0.3, -0.25) is 5.32 Å². The van der Waals surface area contributed by atoms with Crippen LogP contribution in [-0.4, -0.2) is 40.5 Å². The summed E-state index contributed by atoms with van der Waals surface area (Å²) in [5.74, 6) is -1.90. The minimum absolute atomic E-state index is 0.606. The van der Waals surface area contributed by atoms with Crippen molar-refractivity contribution >= 4 is 11.6 Å². The fourth-order valence-corrected chi connectivity index (χ4v) is 3.23. The van der Waals surface area contributed by atoms with Gasteiger partial charge in [0.1, 0.15) is 0 Å². The third kappa shape index (κ3) is 1.50. The van der Waals surface area contributed by atoms with E-state index in [0.29, 0.717) is 0 Å².